The summed E-state index contributed by atoms with van der Waals surface area (Å²) in [6.07, 6.45) is 17.9. The summed E-state index contributed by atoms with van der Waals surface area (Å²) in [5.74, 6) is 0. The van der Waals surface area contributed by atoms with Crippen molar-refractivity contribution in [1.29, 1.82) is 0 Å². The molecule has 3 N–H and O–H groups in total. The topological polar surface area (TPSA) is 87.0 Å². The van der Waals surface area contributed by atoms with E-state index in [-0.39, 0.29) is 12.7 Å². The SMILES string of the molecule is CCCCCCC(O)CC=CCCCCCCCCOP(=O)(O)O. The van der Waals surface area contributed by atoms with Crippen molar-refractivity contribution in [1.82, 2.24) is 0 Å². The quantitative estimate of drug-likeness (QED) is 0.190. The number of phosphoric acid groups is 1. The molecule has 0 bridgehead atoms. The normalized spacial score (nSPS) is 13.7. The van der Waals surface area contributed by atoms with Crippen LogP contribution in [0.4, 0.5) is 0 Å². The number of aliphatic hydroxyl groups is 1. The number of aliphatic hydroxyl groups excluding tert-OH is 1. The summed E-state index contributed by atoms with van der Waals surface area (Å²) >= 11 is 0. The second kappa shape index (κ2) is 16.3. The highest BCUT2D eigenvalue weighted by Crippen LogP contribution is 2.35. The molecule has 24 heavy (non-hydrogen) atoms. The van der Waals surface area contributed by atoms with Gasteiger partial charge in [-0.25, -0.2) is 4.57 Å². The van der Waals surface area contributed by atoms with Crippen LogP contribution in [0.2, 0.25) is 0 Å². The molecule has 1 unspecified atom stereocenters. The monoisotopic (exact) mass is 364 g/mol. The van der Waals surface area contributed by atoms with E-state index in [2.05, 4.69) is 23.6 Å². The van der Waals surface area contributed by atoms with Gasteiger partial charge in [-0.1, -0.05) is 70.4 Å². The van der Waals surface area contributed by atoms with E-state index >= 15 is 0 Å². The van der Waals surface area contributed by atoms with E-state index in [1.807, 2.05) is 0 Å². The third kappa shape index (κ3) is 19.9. The summed E-state index contributed by atoms with van der Waals surface area (Å²) in [4.78, 5) is 17.1. The zero-order chi connectivity index (χ0) is 18.1. The Labute approximate surface area is 147 Å². The summed E-state index contributed by atoms with van der Waals surface area (Å²) in [6.45, 7) is 2.33. The van der Waals surface area contributed by atoms with Gasteiger partial charge in [-0.15, -0.1) is 0 Å². The second-order valence-electron chi connectivity index (χ2n) is 6.44. The number of allylic oxidation sites excluding steroid dienone is 1. The molecular weight excluding hydrogens is 327 g/mol. The van der Waals surface area contributed by atoms with Crippen LogP contribution in [-0.4, -0.2) is 27.6 Å². The summed E-state index contributed by atoms with van der Waals surface area (Å²) in [5, 5.41) is 9.83. The lowest BCUT2D eigenvalue weighted by Crippen LogP contribution is -2.04. The van der Waals surface area contributed by atoms with Gasteiger partial charge < -0.3 is 14.9 Å². The lowest BCUT2D eigenvalue weighted by Gasteiger charge is -2.07. The van der Waals surface area contributed by atoms with Gasteiger partial charge in [0.05, 0.1) is 12.7 Å². The van der Waals surface area contributed by atoms with Crippen molar-refractivity contribution in [3.05, 3.63) is 12.2 Å². The molecule has 6 heteroatoms. The Balaban J connectivity index is 3.27. The average molecular weight is 364 g/mol. The van der Waals surface area contributed by atoms with Gasteiger partial charge in [0.2, 0.25) is 0 Å². The first-order valence-electron chi connectivity index (χ1n) is 9.49. The Kier molecular flexibility index (Phi) is 16.2. The van der Waals surface area contributed by atoms with Crippen molar-refractivity contribution in [2.24, 2.45) is 0 Å². The molecule has 0 radical (unpaired) electrons. The minimum Gasteiger partial charge on any atom is -0.393 e. The maximum Gasteiger partial charge on any atom is 0.469 e. The Morgan fingerprint density at radius 3 is 2.21 bits per heavy atom. The molecule has 0 saturated carbocycles. The number of hydrogen-bond acceptors (Lipinski definition) is 3. The van der Waals surface area contributed by atoms with Gasteiger partial charge in [-0.3, -0.25) is 4.52 Å². The molecule has 5 nitrogen and oxygen atoms in total. The van der Waals surface area contributed by atoms with Crippen LogP contribution in [0.3, 0.4) is 0 Å². The van der Waals surface area contributed by atoms with Gasteiger partial charge in [-0.05, 0) is 32.1 Å². The predicted molar refractivity (Wildman–Crippen MR) is 98.8 cm³/mol. The van der Waals surface area contributed by atoms with Crippen molar-refractivity contribution in [3.8, 4) is 0 Å². The molecule has 1 atom stereocenters. The Morgan fingerprint density at radius 2 is 1.54 bits per heavy atom. The van der Waals surface area contributed by atoms with Crippen LogP contribution in [0.5, 0.6) is 0 Å². The standard InChI is InChI=1S/C18H37O5P/c1-2-3-4-12-15-18(19)16-13-10-8-6-5-7-9-11-14-17-23-24(20,21)22/h10,13,18-19H,2-9,11-12,14-17H2,1H3,(H2,20,21,22). The van der Waals surface area contributed by atoms with Gasteiger partial charge in [0.15, 0.2) is 0 Å². The number of rotatable bonds is 17. The highest BCUT2D eigenvalue weighted by molar-refractivity contribution is 7.46. The molecule has 0 amide bonds. The van der Waals surface area contributed by atoms with Crippen LogP contribution in [-0.2, 0) is 9.09 Å². The number of unbranched alkanes of at least 4 members (excludes halogenated alkanes) is 9. The van der Waals surface area contributed by atoms with E-state index in [0.717, 1.165) is 51.4 Å². The first kappa shape index (κ1) is 23.8. The first-order valence-corrected chi connectivity index (χ1v) is 11.0. The summed E-state index contributed by atoms with van der Waals surface area (Å²) in [6, 6.07) is 0. The minimum atomic E-state index is -4.29. The van der Waals surface area contributed by atoms with Crippen LogP contribution in [0, 0.1) is 0 Å². The molecular formula is C18H37O5P. The summed E-state index contributed by atoms with van der Waals surface area (Å²) < 4.78 is 14.9. The lowest BCUT2D eigenvalue weighted by molar-refractivity contribution is 0.163. The molecule has 0 aromatic carbocycles. The predicted octanol–water partition coefficient (Wildman–Crippen LogP) is 5.10. The highest BCUT2D eigenvalue weighted by atomic mass is 31.2. The van der Waals surface area contributed by atoms with Gasteiger partial charge in [0.25, 0.3) is 0 Å². The third-order valence-electron chi connectivity index (χ3n) is 3.99. The number of phosphoric ester groups is 1. The fourth-order valence-corrected chi connectivity index (χ4v) is 2.92. The fraction of sp³-hybridized carbons (Fsp3) is 0.889. The Hall–Kier alpha value is -0.190. The van der Waals surface area contributed by atoms with Gasteiger partial charge >= 0.3 is 7.82 Å². The smallest absolute Gasteiger partial charge is 0.393 e. The van der Waals surface area contributed by atoms with Gasteiger partial charge in [0, 0.05) is 0 Å². The van der Waals surface area contributed by atoms with Crippen molar-refractivity contribution >= 4 is 7.82 Å². The molecule has 0 aliphatic heterocycles. The average Bonchev–Trinajstić information content (AvgIpc) is 2.51. The molecule has 0 spiro atoms. The van der Waals surface area contributed by atoms with Crippen molar-refractivity contribution < 1.29 is 24.0 Å². The Bertz CT molecular complexity index is 340. The molecule has 0 saturated heterocycles. The zero-order valence-electron chi connectivity index (χ0n) is 15.2. The van der Waals surface area contributed by atoms with E-state index < -0.39 is 7.82 Å². The van der Waals surface area contributed by atoms with Gasteiger partial charge in [-0.2, -0.15) is 0 Å². The summed E-state index contributed by atoms with van der Waals surface area (Å²) in [7, 11) is -4.29. The van der Waals surface area contributed by atoms with Crippen LogP contribution < -0.4 is 0 Å². The van der Waals surface area contributed by atoms with Crippen molar-refractivity contribution in [2.75, 3.05) is 6.61 Å². The molecule has 0 aliphatic carbocycles. The van der Waals surface area contributed by atoms with Crippen LogP contribution in [0.25, 0.3) is 0 Å². The maximum absolute atomic E-state index is 10.5. The van der Waals surface area contributed by atoms with Crippen molar-refractivity contribution in [3.63, 3.8) is 0 Å². The van der Waals surface area contributed by atoms with E-state index in [0.29, 0.717) is 6.42 Å². The number of hydrogen-bond donors (Lipinski definition) is 3. The second-order valence-corrected chi connectivity index (χ2v) is 7.68. The minimum absolute atomic E-state index is 0.133. The third-order valence-corrected chi connectivity index (χ3v) is 4.51. The maximum atomic E-state index is 10.5. The molecule has 0 aromatic heterocycles. The molecule has 0 aromatic rings. The van der Waals surface area contributed by atoms with E-state index in [9.17, 15) is 9.67 Å². The van der Waals surface area contributed by atoms with Crippen LogP contribution in [0.15, 0.2) is 12.2 Å². The molecule has 0 rings (SSSR count). The molecule has 0 fully saturated rings. The molecule has 0 heterocycles. The first-order chi connectivity index (χ1) is 11.5. The van der Waals surface area contributed by atoms with Crippen LogP contribution >= 0.6 is 7.82 Å². The van der Waals surface area contributed by atoms with E-state index in [4.69, 9.17) is 9.79 Å². The highest BCUT2D eigenvalue weighted by Gasteiger charge is 2.12. The van der Waals surface area contributed by atoms with Gasteiger partial charge in [0.1, 0.15) is 0 Å². The lowest BCUT2D eigenvalue weighted by atomic mass is 10.1. The zero-order valence-corrected chi connectivity index (χ0v) is 16.1. The Morgan fingerprint density at radius 1 is 0.917 bits per heavy atom. The van der Waals surface area contributed by atoms with E-state index in [1.54, 1.807) is 0 Å². The molecule has 0 aliphatic rings. The van der Waals surface area contributed by atoms with E-state index in [1.165, 1.54) is 25.7 Å². The fourth-order valence-electron chi connectivity index (χ4n) is 2.55. The largest absolute Gasteiger partial charge is 0.469 e. The molecule has 144 valence electrons. The summed E-state index contributed by atoms with van der Waals surface area (Å²) in [5.41, 5.74) is 0. The van der Waals surface area contributed by atoms with Crippen molar-refractivity contribution in [2.45, 2.75) is 96.5 Å². The van der Waals surface area contributed by atoms with Crippen LogP contribution in [0.1, 0.15) is 90.4 Å².